The van der Waals surface area contributed by atoms with E-state index >= 15 is 0 Å². The number of carbonyl (C=O) groups is 1. The summed E-state index contributed by atoms with van der Waals surface area (Å²) in [7, 11) is 0. The minimum Gasteiger partial charge on any atom is -0.481 e. The SMILES string of the molecule is O=C(O)C1CCC(C(O)c2cc(Cl)nc(Cl)c2)CC1. The molecule has 0 aliphatic heterocycles. The lowest BCUT2D eigenvalue weighted by Gasteiger charge is -2.29. The third-order valence-corrected chi connectivity index (χ3v) is 4.08. The fourth-order valence-corrected chi connectivity index (χ4v) is 3.09. The van der Waals surface area contributed by atoms with E-state index in [2.05, 4.69) is 4.98 Å². The Balaban J connectivity index is 2.04. The van der Waals surface area contributed by atoms with E-state index in [9.17, 15) is 9.90 Å². The van der Waals surface area contributed by atoms with Crippen LogP contribution in [-0.2, 0) is 4.79 Å². The lowest BCUT2D eigenvalue weighted by molar-refractivity contribution is -0.143. The molecule has 4 nitrogen and oxygen atoms in total. The number of aliphatic carboxylic acids is 1. The van der Waals surface area contributed by atoms with Gasteiger partial charge in [0.05, 0.1) is 12.0 Å². The topological polar surface area (TPSA) is 70.4 Å². The average molecular weight is 304 g/mol. The third-order valence-electron chi connectivity index (χ3n) is 3.69. The lowest BCUT2D eigenvalue weighted by atomic mass is 9.78. The van der Waals surface area contributed by atoms with E-state index in [0.29, 0.717) is 31.2 Å². The quantitative estimate of drug-likeness (QED) is 0.840. The molecule has 1 aromatic heterocycles. The minimum absolute atomic E-state index is 0.0464. The van der Waals surface area contributed by atoms with Gasteiger partial charge in [-0.1, -0.05) is 23.2 Å². The van der Waals surface area contributed by atoms with Crippen molar-refractivity contribution in [1.29, 1.82) is 0 Å². The van der Waals surface area contributed by atoms with Gasteiger partial charge in [0.25, 0.3) is 0 Å². The molecule has 1 saturated carbocycles. The van der Waals surface area contributed by atoms with E-state index in [1.165, 1.54) is 0 Å². The van der Waals surface area contributed by atoms with Gasteiger partial charge in [0.2, 0.25) is 0 Å². The van der Waals surface area contributed by atoms with E-state index in [4.69, 9.17) is 28.3 Å². The largest absolute Gasteiger partial charge is 0.481 e. The van der Waals surface area contributed by atoms with E-state index in [-0.39, 0.29) is 22.1 Å². The Bertz CT molecular complexity index is 453. The Morgan fingerprint density at radius 2 is 1.74 bits per heavy atom. The predicted molar refractivity (Wildman–Crippen MR) is 72.3 cm³/mol. The van der Waals surface area contributed by atoms with Crippen LogP contribution in [0.25, 0.3) is 0 Å². The number of aliphatic hydroxyl groups excluding tert-OH is 1. The molecule has 0 aromatic carbocycles. The molecule has 1 atom stereocenters. The van der Waals surface area contributed by atoms with Crippen molar-refractivity contribution in [3.05, 3.63) is 28.0 Å². The molecule has 1 fully saturated rings. The smallest absolute Gasteiger partial charge is 0.306 e. The predicted octanol–water partition coefficient (Wildman–Crippen LogP) is 3.31. The number of hydrogen-bond donors (Lipinski definition) is 2. The fourth-order valence-electron chi connectivity index (χ4n) is 2.61. The molecule has 1 aromatic rings. The van der Waals surface area contributed by atoms with Crippen LogP contribution in [0.15, 0.2) is 12.1 Å². The molecule has 2 rings (SSSR count). The van der Waals surface area contributed by atoms with Gasteiger partial charge in [-0.3, -0.25) is 4.79 Å². The van der Waals surface area contributed by atoms with Gasteiger partial charge in [-0.25, -0.2) is 4.98 Å². The van der Waals surface area contributed by atoms with Gasteiger partial charge in [0.15, 0.2) is 0 Å². The average Bonchev–Trinajstić information content (AvgIpc) is 2.37. The van der Waals surface area contributed by atoms with Crippen LogP contribution in [-0.4, -0.2) is 21.2 Å². The molecule has 104 valence electrons. The number of aromatic nitrogens is 1. The molecule has 19 heavy (non-hydrogen) atoms. The molecule has 1 aliphatic rings. The zero-order chi connectivity index (χ0) is 14.0. The molecular formula is C13H15Cl2NO3. The lowest BCUT2D eigenvalue weighted by Crippen LogP contribution is -2.24. The first kappa shape index (κ1) is 14.6. The highest BCUT2D eigenvalue weighted by Gasteiger charge is 2.30. The normalized spacial score (nSPS) is 25.0. The van der Waals surface area contributed by atoms with Gasteiger partial charge in [-0.15, -0.1) is 0 Å². The molecule has 6 heteroatoms. The maximum Gasteiger partial charge on any atom is 0.306 e. The fraction of sp³-hybridized carbons (Fsp3) is 0.538. The van der Waals surface area contributed by atoms with Crippen LogP contribution in [0.5, 0.6) is 0 Å². The molecule has 1 aliphatic carbocycles. The number of carboxylic acids is 1. The molecule has 0 saturated heterocycles. The van der Waals surface area contributed by atoms with E-state index in [1.807, 2.05) is 0 Å². The second-order valence-corrected chi connectivity index (χ2v) is 5.72. The van der Waals surface area contributed by atoms with Crippen molar-refractivity contribution < 1.29 is 15.0 Å². The van der Waals surface area contributed by atoms with Crippen molar-refractivity contribution in [1.82, 2.24) is 4.98 Å². The number of halogens is 2. The van der Waals surface area contributed by atoms with Crippen LogP contribution in [0.2, 0.25) is 10.3 Å². The van der Waals surface area contributed by atoms with Crippen LogP contribution < -0.4 is 0 Å². The highest BCUT2D eigenvalue weighted by atomic mass is 35.5. The molecular weight excluding hydrogens is 289 g/mol. The zero-order valence-corrected chi connectivity index (χ0v) is 11.7. The minimum atomic E-state index is -0.747. The van der Waals surface area contributed by atoms with Crippen molar-refractivity contribution in [2.24, 2.45) is 11.8 Å². The first-order valence-corrected chi connectivity index (χ1v) is 6.97. The van der Waals surface area contributed by atoms with Crippen molar-refractivity contribution in [3.63, 3.8) is 0 Å². The number of nitrogens with zero attached hydrogens (tertiary/aromatic N) is 1. The van der Waals surface area contributed by atoms with E-state index < -0.39 is 12.1 Å². The van der Waals surface area contributed by atoms with E-state index in [0.717, 1.165) is 0 Å². The monoisotopic (exact) mass is 303 g/mol. The second kappa shape index (κ2) is 6.07. The van der Waals surface area contributed by atoms with Crippen molar-refractivity contribution in [2.75, 3.05) is 0 Å². The molecule has 0 amide bonds. The summed E-state index contributed by atoms with van der Waals surface area (Å²) < 4.78 is 0. The Morgan fingerprint density at radius 1 is 1.21 bits per heavy atom. The Hall–Kier alpha value is -0.840. The number of pyridine rings is 1. The maximum atomic E-state index is 10.9. The van der Waals surface area contributed by atoms with Gasteiger partial charge in [0, 0.05) is 0 Å². The van der Waals surface area contributed by atoms with Gasteiger partial charge >= 0.3 is 5.97 Å². The number of aliphatic hydroxyl groups is 1. The third kappa shape index (κ3) is 3.59. The van der Waals surface area contributed by atoms with Crippen LogP contribution >= 0.6 is 23.2 Å². The van der Waals surface area contributed by atoms with Crippen LogP contribution in [0.4, 0.5) is 0 Å². The van der Waals surface area contributed by atoms with Crippen LogP contribution in [0.3, 0.4) is 0 Å². The zero-order valence-electron chi connectivity index (χ0n) is 10.2. The molecule has 1 unspecified atom stereocenters. The van der Waals surface area contributed by atoms with Crippen LogP contribution in [0, 0.1) is 11.8 Å². The number of carboxylic acid groups (broad SMARTS) is 1. The Morgan fingerprint density at radius 3 is 2.21 bits per heavy atom. The highest BCUT2D eigenvalue weighted by molar-refractivity contribution is 6.32. The number of rotatable bonds is 3. The summed E-state index contributed by atoms with van der Waals surface area (Å²) in [5, 5.41) is 19.8. The summed E-state index contributed by atoms with van der Waals surface area (Å²) in [6.07, 6.45) is 1.91. The number of hydrogen-bond acceptors (Lipinski definition) is 3. The van der Waals surface area contributed by atoms with Gasteiger partial charge in [-0.2, -0.15) is 0 Å². The maximum absolute atomic E-state index is 10.9. The summed E-state index contributed by atoms with van der Waals surface area (Å²) in [5.74, 6) is -0.985. The van der Waals surface area contributed by atoms with Gasteiger partial charge in [0.1, 0.15) is 10.3 Å². The summed E-state index contributed by atoms with van der Waals surface area (Å²) in [6.45, 7) is 0. The highest BCUT2D eigenvalue weighted by Crippen LogP contribution is 2.37. The molecule has 2 N–H and O–H groups in total. The Labute approximate surface area is 121 Å². The summed E-state index contributed by atoms with van der Waals surface area (Å²) in [5.41, 5.74) is 0.642. The summed E-state index contributed by atoms with van der Waals surface area (Å²) in [4.78, 5) is 14.7. The molecule has 0 bridgehead atoms. The van der Waals surface area contributed by atoms with Gasteiger partial charge < -0.3 is 10.2 Å². The van der Waals surface area contributed by atoms with Crippen LogP contribution in [0.1, 0.15) is 37.4 Å². The Kier molecular flexibility index (Phi) is 4.66. The van der Waals surface area contributed by atoms with Crippen molar-refractivity contribution >= 4 is 29.2 Å². The first-order valence-electron chi connectivity index (χ1n) is 6.21. The summed E-state index contributed by atoms with van der Waals surface area (Å²) >= 11 is 11.6. The standard InChI is InChI=1S/C13H15Cl2NO3/c14-10-5-9(6-11(15)16-10)12(17)7-1-3-8(4-2-7)13(18)19/h5-8,12,17H,1-4H2,(H,18,19). The first-order chi connectivity index (χ1) is 8.97. The van der Waals surface area contributed by atoms with Gasteiger partial charge in [-0.05, 0) is 49.3 Å². The second-order valence-electron chi connectivity index (χ2n) is 4.94. The summed E-state index contributed by atoms with van der Waals surface area (Å²) in [6, 6.07) is 3.20. The van der Waals surface area contributed by atoms with Crippen molar-refractivity contribution in [2.45, 2.75) is 31.8 Å². The molecule has 0 spiro atoms. The van der Waals surface area contributed by atoms with E-state index in [1.54, 1.807) is 12.1 Å². The molecule has 1 heterocycles. The molecule has 0 radical (unpaired) electrons. The van der Waals surface area contributed by atoms with Crippen molar-refractivity contribution in [3.8, 4) is 0 Å².